The van der Waals surface area contributed by atoms with Gasteiger partial charge in [0.15, 0.2) is 0 Å². The molecule has 0 saturated carbocycles. The summed E-state index contributed by atoms with van der Waals surface area (Å²) < 4.78 is 2.71. The molecule has 1 aromatic carbocycles. The van der Waals surface area contributed by atoms with E-state index in [4.69, 9.17) is 11.6 Å². The normalized spacial score (nSPS) is 16.9. The van der Waals surface area contributed by atoms with Gasteiger partial charge in [-0.1, -0.05) is 23.7 Å². The van der Waals surface area contributed by atoms with E-state index in [1.165, 1.54) is 5.56 Å². The van der Waals surface area contributed by atoms with Gasteiger partial charge in [-0.05, 0) is 47.5 Å². The Labute approximate surface area is 161 Å². The molecule has 1 aliphatic rings. The summed E-state index contributed by atoms with van der Waals surface area (Å²) in [5, 5.41) is 5.07. The highest BCUT2D eigenvalue weighted by Gasteiger charge is 2.27. The van der Waals surface area contributed by atoms with Gasteiger partial charge in [0, 0.05) is 37.7 Å². The third kappa shape index (κ3) is 4.25. The Morgan fingerprint density at radius 2 is 2.04 bits per heavy atom. The minimum atomic E-state index is -0.286. The van der Waals surface area contributed by atoms with Gasteiger partial charge in [-0.25, -0.2) is 0 Å². The van der Waals surface area contributed by atoms with Crippen molar-refractivity contribution < 1.29 is 4.79 Å². The van der Waals surface area contributed by atoms with Crippen LogP contribution in [0.5, 0.6) is 0 Å². The molecule has 5 nitrogen and oxygen atoms in total. The summed E-state index contributed by atoms with van der Waals surface area (Å²) in [6, 6.07) is 7.66. The number of hydrogen-bond donors (Lipinski definition) is 0. The number of carbonyl (C=O) groups is 1. The third-order valence-electron chi connectivity index (χ3n) is 4.69. The predicted octanol–water partition coefficient (Wildman–Crippen LogP) is 3.51. The molecule has 1 saturated heterocycles. The number of hydrogen-bond acceptors (Lipinski definition) is 3. The quantitative estimate of drug-likeness (QED) is 0.753. The molecule has 1 amide bonds. The molecule has 134 valence electrons. The number of rotatable bonds is 4. The molecule has 1 fully saturated rings. The van der Waals surface area contributed by atoms with Crippen LogP contribution in [0.3, 0.4) is 0 Å². The van der Waals surface area contributed by atoms with Gasteiger partial charge in [-0.15, -0.1) is 0 Å². The molecule has 1 atom stereocenters. The van der Waals surface area contributed by atoms with Crippen molar-refractivity contribution in [1.29, 1.82) is 0 Å². The molecule has 1 aromatic heterocycles. The maximum atomic E-state index is 12.8. The fourth-order valence-corrected chi connectivity index (χ4v) is 3.67. The maximum Gasteiger partial charge on any atom is 0.247 e. The van der Waals surface area contributed by atoms with Crippen LogP contribution in [0, 0.1) is 6.92 Å². The average Bonchev–Trinajstić information content (AvgIpc) is 2.93. The molecule has 0 spiro atoms. The standard InChI is InChI=1S/C18H22BrClN4O/c1-13-17(19)11-21-24(13)14(2)18(25)23-8-6-22(7-9-23)12-15-4-3-5-16(20)10-15/h3-5,10-11,14H,6-9,12H2,1-2H3. The second kappa shape index (κ2) is 7.89. The highest BCUT2D eigenvalue weighted by atomic mass is 79.9. The van der Waals surface area contributed by atoms with Crippen molar-refractivity contribution in [3.8, 4) is 0 Å². The van der Waals surface area contributed by atoms with E-state index in [0.717, 1.165) is 47.9 Å². The van der Waals surface area contributed by atoms with Gasteiger partial charge in [0.05, 0.1) is 16.4 Å². The molecule has 25 heavy (non-hydrogen) atoms. The Morgan fingerprint density at radius 3 is 2.64 bits per heavy atom. The van der Waals surface area contributed by atoms with Crippen molar-refractivity contribution in [2.45, 2.75) is 26.4 Å². The van der Waals surface area contributed by atoms with Crippen LogP contribution in [-0.4, -0.2) is 51.7 Å². The van der Waals surface area contributed by atoms with Crippen LogP contribution in [-0.2, 0) is 11.3 Å². The fourth-order valence-electron chi connectivity index (χ4n) is 3.18. The topological polar surface area (TPSA) is 41.4 Å². The molecular weight excluding hydrogens is 404 g/mol. The number of halogens is 2. The average molecular weight is 426 g/mol. The van der Waals surface area contributed by atoms with Crippen molar-refractivity contribution in [2.75, 3.05) is 26.2 Å². The summed E-state index contributed by atoms with van der Waals surface area (Å²) in [6.07, 6.45) is 1.74. The minimum absolute atomic E-state index is 0.126. The first-order chi connectivity index (χ1) is 12.0. The van der Waals surface area contributed by atoms with Crippen molar-refractivity contribution in [3.63, 3.8) is 0 Å². The van der Waals surface area contributed by atoms with Crippen molar-refractivity contribution in [3.05, 3.63) is 51.2 Å². The van der Waals surface area contributed by atoms with E-state index >= 15 is 0 Å². The summed E-state index contributed by atoms with van der Waals surface area (Å²) in [6.45, 7) is 7.95. The van der Waals surface area contributed by atoms with Gasteiger partial charge in [-0.2, -0.15) is 5.10 Å². The fraction of sp³-hybridized carbons (Fsp3) is 0.444. The Balaban J connectivity index is 1.56. The van der Waals surface area contributed by atoms with Crippen LogP contribution in [0.4, 0.5) is 0 Å². The molecule has 7 heteroatoms. The van der Waals surface area contributed by atoms with Gasteiger partial charge < -0.3 is 4.90 Å². The van der Waals surface area contributed by atoms with Gasteiger partial charge in [0.1, 0.15) is 6.04 Å². The Morgan fingerprint density at radius 1 is 1.32 bits per heavy atom. The van der Waals surface area contributed by atoms with E-state index in [-0.39, 0.29) is 11.9 Å². The van der Waals surface area contributed by atoms with Crippen molar-refractivity contribution >= 4 is 33.4 Å². The Hall–Kier alpha value is -1.37. The van der Waals surface area contributed by atoms with Crippen LogP contribution in [0.15, 0.2) is 34.9 Å². The summed E-state index contributed by atoms with van der Waals surface area (Å²) in [5.41, 5.74) is 2.18. The van der Waals surface area contributed by atoms with Crippen LogP contribution in [0.2, 0.25) is 5.02 Å². The Kier molecular flexibility index (Phi) is 5.81. The van der Waals surface area contributed by atoms with Crippen molar-refractivity contribution in [1.82, 2.24) is 19.6 Å². The first kappa shape index (κ1) is 18.4. The maximum absolute atomic E-state index is 12.8. The van der Waals surface area contributed by atoms with Crippen LogP contribution >= 0.6 is 27.5 Å². The molecular formula is C18H22BrClN4O. The second-order valence-electron chi connectivity index (χ2n) is 6.43. The zero-order chi connectivity index (χ0) is 18.0. The molecule has 0 bridgehead atoms. The lowest BCUT2D eigenvalue weighted by molar-refractivity contribution is -0.136. The third-order valence-corrected chi connectivity index (χ3v) is 5.70. The number of benzene rings is 1. The highest BCUT2D eigenvalue weighted by Crippen LogP contribution is 2.20. The van der Waals surface area contributed by atoms with Crippen LogP contribution in [0.1, 0.15) is 24.2 Å². The van der Waals surface area contributed by atoms with E-state index in [1.54, 1.807) is 10.9 Å². The summed E-state index contributed by atoms with van der Waals surface area (Å²) in [7, 11) is 0. The number of carbonyl (C=O) groups excluding carboxylic acids is 1. The summed E-state index contributed by atoms with van der Waals surface area (Å²) in [5.74, 6) is 0.126. The molecule has 3 rings (SSSR count). The smallest absolute Gasteiger partial charge is 0.247 e. The second-order valence-corrected chi connectivity index (χ2v) is 7.72. The number of nitrogens with zero attached hydrogens (tertiary/aromatic N) is 4. The van der Waals surface area contributed by atoms with E-state index in [2.05, 4.69) is 32.0 Å². The molecule has 1 aliphatic heterocycles. The lowest BCUT2D eigenvalue weighted by atomic mass is 10.2. The SMILES string of the molecule is Cc1c(Br)cnn1C(C)C(=O)N1CCN(Cc2cccc(Cl)c2)CC1. The zero-order valence-corrected chi connectivity index (χ0v) is 16.8. The minimum Gasteiger partial charge on any atom is -0.338 e. The molecule has 0 aliphatic carbocycles. The van der Waals surface area contributed by atoms with Crippen LogP contribution < -0.4 is 0 Å². The number of piperazine rings is 1. The molecule has 0 N–H and O–H groups in total. The van der Waals surface area contributed by atoms with Gasteiger partial charge in [-0.3, -0.25) is 14.4 Å². The first-order valence-corrected chi connectivity index (χ1v) is 9.58. The summed E-state index contributed by atoms with van der Waals surface area (Å²) >= 11 is 9.50. The number of amides is 1. The van der Waals surface area contributed by atoms with Crippen LogP contribution in [0.25, 0.3) is 0 Å². The van der Waals surface area contributed by atoms with Gasteiger partial charge in [0.25, 0.3) is 0 Å². The van der Waals surface area contributed by atoms with Gasteiger partial charge in [0.2, 0.25) is 5.91 Å². The first-order valence-electron chi connectivity index (χ1n) is 8.41. The summed E-state index contributed by atoms with van der Waals surface area (Å²) in [4.78, 5) is 17.1. The van der Waals surface area contributed by atoms with E-state index < -0.39 is 0 Å². The molecule has 0 radical (unpaired) electrons. The monoisotopic (exact) mass is 424 g/mol. The molecule has 1 unspecified atom stereocenters. The van der Waals surface area contributed by atoms with Gasteiger partial charge >= 0.3 is 0 Å². The van der Waals surface area contributed by atoms with E-state index in [1.807, 2.05) is 36.9 Å². The lowest BCUT2D eigenvalue weighted by Crippen LogP contribution is -2.50. The predicted molar refractivity (Wildman–Crippen MR) is 103 cm³/mol. The zero-order valence-electron chi connectivity index (χ0n) is 14.5. The van der Waals surface area contributed by atoms with E-state index in [9.17, 15) is 4.79 Å². The molecule has 2 heterocycles. The lowest BCUT2D eigenvalue weighted by Gasteiger charge is -2.36. The highest BCUT2D eigenvalue weighted by molar-refractivity contribution is 9.10. The number of aromatic nitrogens is 2. The largest absolute Gasteiger partial charge is 0.338 e. The van der Waals surface area contributed by atoms with Crippen molar-refractivity contribution in [2.24, 2.45) is 0 Å². The Bertz CT molecular complexity index is 755. The molecule has 2 aromatic rings. The van der Waals surface area contributed by atoms with E-state index in [0.29, 0.717) is 0 Å².